The van der Waals surface area contributed by atoms with E-state index in [0.717, 1.165) is 29.0 Å². The molecule has 216 valence electrons. The molecule has 7 heteroatoms. The molecule has 3 aliphatic rings. The number of rotatable bonds is 10. The van der Waals surface area contributed by atoms with Crippen molar-refractivity contribution < 1.29 is 14.3 Å². The second-order valence-electron chi connectivity index (χ2n) is 12.4. The van der Waals surface area contributed by atoms with Gasteiger partial charge in [-0.25, -0.2) is 0 Å². The molecule has 1 aliphatic heterocycles. The van der Waals surface area contributed by atoms with Crippen LogP contribution in [0.5, 0.6) is 5.75 Å². The smallest absolute Gasteiger partial charge is 0.258 e. The summed E-state index contributed by atoms with van der Waals surface area (Å²) < 4.78 is 7.99. The molecule has 6 rings (SSSR count). The molecular formula is C35H38N4O3. The average Bonchev–Trinajstić information content (AvgIpc) is 3.75. The van der Waals surface area contributed by atoms with E-state index in [9.17, 15) is 9.59 Å². The number of nitrogens with one attached hydrogen (secondary N) is 1. The molecule has 0 spiro atoms. The lowest BCUT2D eigenvalue weighted by molar-refractivity contribution is -0.114. The third-order valence-electron chi connectivity index (χ3n) is 8.10. The van der Waals surface area contributed by atoms with Gasteiger partial charge in [-0.15, -0.1) is 0 Å². The van der Waals surface area contributed by atoms with Gasteiger partial charge >= 0.3 is 0 Å². The normalized spacial score (nSPS) is 17.0. The molecule has 0 atom stereocenters. The number of Topliss-reactive ketones (excluding diaryl/α,β-unsaturated/α-hetero) is 1. The molecule has 1 N–H and O–H groups in total. The molecule has 2 aromatic carbocycles. The van der Waals surface area contributed by atoms with Gasteiger partial charge in [-0.05, 0) is 72.8 Å². The Balaban J connectivity index is 1.09. The Morgan fingerprint density at radius 1 is 1.07 bits per heavy atom. The maximum absolute atomic E-state index is 13.0. The Kier molecular flexibility index (Phi) is 7.94. The van der Waals surface area contributed by atoms with Crippen molar-refractivity contribution in [1.29, 1.82) is 0 Å². The van der Waals surface area contributed by atoms with Crippen LogP contribution >= 0.6 is 0 Å². The average molecular weight is 563 g/mol. The van der Waals surface area contributed by atoms with Crippen LogP contribution in [0.4, 0.5) is 0 Å². The number of fused-ring (bicyclic) bond motifs is 1. The third kappa shape index (κ3) is 6.63. The summed E-state index contributed by atoms with van der Waals surface area (Å²) in [6.45, 7) is 9.18. The second kappa shape index (κ2) is 11.9. The van der Waals surface area contributed by atoms with Gasteiger partial charge in [0.25, 0.3) is 5.91 Å². The topological polar surface area (TPSA) is 76.5 Å². The van der Waals surface area contributed by atoms with Gasteiger partial charge in [-0.2, -0.15) is 5.10 Å². The van der Waals surface area contributed by atoms with Gasteiger partial charge in [0.2, 0.25) is 0 Å². The molecule has 1 saturated heterocycles. The number of amides is 1. The Bertz CT molecular complexity index is 1570. The lowest BCUT2D eigenvalue weighted by Gasteiger charge is -2.30. The van der Waals surface area contributed by atoms with Crippen molar-refractivity contribution in [2.45, 2.75) is 46.1 Å². The number of allylic oxidation sites excluding steroid dienone is 4. The summed E-state index contributed by atoms with van der Waals surface area (Å²) in [5.41, 5.74) is 6.16. The molecule has 1 fully saturated rings. The van der Waals surface area contributed by atoms with Gasteiger partial charge < -0.3 is 15.0 Å². The molecular weight excluding hydrogens is 524 g/mol. The molecule has 1 amide bonds. The maximum Gasteiger partial charge on any atom is 0.258 e. The van der Waals surface area contributed by atoms with E-state index in [0.29, 0.717) is 36.4 Å². The number of ketones is 1. The summed E-state index contributed by atoms with van der Waals surface area (Å²) in [7, 11) is 0. The van der Waals surface area contributed by atoms with Crippen LogP contribution in [0, 0.1) is 5.41 Å². The van der Waals surface area contributed by atoms with Gasteiger partial charge in [0.05, 0.1) is 24.9 Å². The highest BCUT2D eigenvalue weighted by molar-refractivity contribution is 6.04. The highest BCUT2D eigenvalue weighted by Crippen LogP contribution is 2.34. The van der Waals surface area contributed by atoms with Gasteiger partial charge in [-0.1, -0.05) is 62.4 Å². The van der Waals surface area contributed by atoms with E-state index in [1.165, 1.54) is 31.5 Å². The zero-order valence-electron chi connectivity index (χ0n) is 24.4. The molecule has 0 radical (unpaired) electrons. The van der Waals surface area contributed by atoms with Crippen LogP contribution in [-0.2, 0) is 17.8 Å². The molecule has 0 saturated carbocycles. The monoisotopic (exact) mass is 562 g/mol. The van der Waals surface area contributed by atoms with E-state index < -0.39 is 0 Å². The van der Waals surface area contributed by atoms with E-state index >= 15 is 0 Å². The molecule has 2 heterocycles. The van der Waals surface area contributed by atoms with Crippen molar-refractivity contribution in [2.24, 2.45) is 5.41 Å². The highest BCUT2D eigenvalue weighted by Gasteiger charge is 2.26. The van der Waals surface area contributed by atoms with Gasteiger partial charge in [0, 0.05) is 35.8 Å². The fourth-order valence-corrected chi connectivity index (χ4v) is 5.95. The first kappa shape index (κ1) is 27.9. The number of nitrogens with zero attached hydrogens (tertiary/aromatic N) is 3. The van der Waals surface area contributed by atoms with Crippen LogP contribution in [0.3, 0.4) is 0 Å². The molecule has 2 aliphatic carbocycles. The van der Waals surface area contributed by atoms with Gasteiger partial charge in [0.1, 0.15) is 5.75 Å². The second-order valence-corrected chi connectivity index (χ2v) is 12.4. The van der Waals surface area contributed by atoms with Crippen LogP contribution in [-0.4, -0.2) is 52.6 Å². The first-order valence-electron chi connectivity index (χ1n) is 14.8. The van der Waals surface area contributed by atoms with Crippen molar-refractivity contribution in [3.05, 3.63) is 112 Å². The van der Waals surface area contributed by atoms with Crippen molar-refractivity contribution in [1.82, 2.24) is 20.0 Å². The summed E-state index contributed by atoms with van der Waals surface area (Å²) in [5.74, 6) is 0.664. The molecule has 0 unspecified atom stereocenters. The first-order chi connectivity index (χ1) is 20.3. The number of carbonyl (C=O) groups is 2. The van der Waals surface area contributed by atoms with E-state index in [2.05, 4.69) is 47.4 Å². The summed E-state index contributed by atoms with van der Waals surface area (Å²) in [6.07, 6.45) is 12.5. The van der Waals surface area contributed by atoms with Gasteiger partial charge in [0.15, 0.2) is 5.78 Å². The maximum atomic E-state index is 13.0. The van der Waals surface area contributed by atoms with Crippen LogP contribution in [0.2, 0.25) is 0 Å². The molecule has 7 nitrogen and oxygen atoms in total. The summed E-state index contributed by atoms with van der Waals surface area (Å²) in [4.78, 5) is 28.4. The number of carbonyl (C=O) groups excluding carboxylic acids is 2. The quantitative estimate of drug-likeness (QED) is 0.349. The van der Waals surface area contributed by atoms with Crippen molar-refractivity contribution >= 4 is 17.8 Å². The zero-order valence-corrected chi connectivity index (χ0v) is 24.4. The number of aromatic nitrogens is 2. The first-order valence-corrected chi connectivity index (χ1v) is 14.8. The van der Waals surface area contributed by atoms with Crippen molar-refractivity contribution in [2.75, 3.05) is 26.2 Å². The Hall–Kier alpha value is -4.23. The number of hydrogen-bond donors (Lipinski definition) is 1. The number of ether oxygens (including phenoxy) is 1. The minimum Gasteiger partial charge on any atom is -0.493 e. The SMILES string of the molecule is CC(C)(COc1ccc2c(c1)C=C(C1=CC(NC(=O)c3cnn(Cc4ccccc4)c3)=CCC1=O)C2)CN1CCCC1. The van der Waals surface area contributed by atoms with Crippen LogP contribution in [0.25, 0.3) is 6.08 Å². The number of likely N-dealkylation sites (tertiary alicyclic amines) is 1. The highest BCUT2D eigenvalue weighted by atomic mass is 16.5. The molecule has 3 aromatic rings. The number of benzene rings is 2. The summed E-state index contributed by atoms with van der Waals surface area (Å²) in [6, 6.07) is 16.2. The Labute approximate surface area is 247 Å². The van der Waals surface area contributed by atoms with E-state index in [-0.39, 0.29) is 23.5 Å². The Morgan fingerprint density at radius 2 is 1.88 bits per heavy atom. The van der Waals surface area contributed by atoms with Crippen LogP contribution in [0.1, 0.15) is 60.2 Å². The zero-order chi connectivity index (χ0) is 29.1. The van der Waals surface area contributed by atoms with Crippen molar-refractivity contribution in [3.8, 4) is 5.75 Å². The lowest BCUT2D eigenvalue weighted by Crippen LogP contribution is -2.36. The molecule has 42 heavy (non-hydrogen) atoms. The Morgan fingerprint density at radius 3 is 2.69 bits per heavy atom. The van der Waals surface area contributed by atoms with Crippen LogP contribution < -0.4 is 10.1 Å². The summed E-state index contributed by atoms with van der Waals surface area (Å²) >= 11 is 0. The van der Waals surface area contributed by atoms with E-state index in [1.54, 1.807) is 29.2 Å². The fraction of sp³-hybridized carbons (Fsp3) is 0.343. The van der Waals surface area contributed by atoms with E-state index in [1.807, 2.05) is 36.4 Å². The number of hydrogen-bond acceptors (Lipinski definition) is 5. The molecule has 1 aromatic heterocycles. The predicted molar refractivity (Wildman–Crippen MR) is 164 cm³/mol. The minimum atomic E-state index is -0.247. The van der Waals surface area contributed by atoms with Crippen molar-refractivity contribution in [3.63, 3.8) is 0 Å². The molecule has 0 bridgehead atoms. The van der Waals surface area contributed by atoms with Gasteiger partial charge in [-0.3, -0.25) is 14.3 Å². The lowest BCUT2D eigenvalue weighted by atomic mass is 9.93. The standard InChI is InChI=1S/C35H38N4O3/c1-35(2,23-38-14-6-7-15-38)24-42-31-12-10-26-16-28(17-27(26)18-31)32-19-30(11-13-33(32)40)37-34(41)29-20-36-39(22-29)21-25-8-4-3-5-9-25/h3-5,8-12,17-20,22H,6-7,13-16,21,23-24H2,1-2H3,(H,37,41). The summed E-state index contributed by atoms with van der Waals surface area (Å²) in [5, 5.41) is 7.30. The van der Waals surface area contributed by atoms with Crippen LogP contribution in [0.15, 0.2) is 89.9 Å². The fourth-order valence-electron chi connectivity index (χ4n) is 5.95. The minimum absolute atomic E-state index is 0.0582. The predicted octanol–water partition coefficient (Wildman–Crippen LogP) is 5.58. The van der Waals surface area contributed by atoms with E-state index in [4.69, 9.17) is 4.74 Å². The largest absolute Gasteiger partial charge is 0.493 e. The third-order valence-corrected chi connectivity index (χ3v) is 8.10.